The molecular formula is C14H28N2OS. The van der Waals surface area contributed by atoms with Crippen molar-refractivity contribution in [2.75, 3.05) is 18.1 Å². The molecule has 1 spiro atoms. The quantitative estimate of drug-likeness (QED) is 0.576. The zero-order valence-electron chi connectivity index (χ0n) is 11.8. The van der Waals surface area contributed by atoms with Crippen LogP contribution in [0.3, 0.4) is 0 Å². The maximum atomic E-state index is 5.99. The van der Waals surface area contributed by atoms with Gasteiger partial charge in [0.05, 0.1) is 5.60 Å². The molecule has 0 bridgehead atoms. The normalized spacial score (nSPS) is 28.3. The Bertz CT molecular complexity index is 256. The Labute approximate surface area is 116 Å². The number of hydrazine groups is 1. The largest absolute Gasteiger partial charge is 0.375 e. The molecule has 2 atom stereocenters. The summed E-state index contributed by atoms with van der Waals surface area (Å²) in [6, 6.07) is 0.454. The molecule has 0 aromatic rings. The van der Waals surface area contributed by atoms with Crippen LogP contribution in [0, 0.1) is 11.8 Å². The van der Waals surface area contributed by atoms with Gasteiger partial charge in [0.25, 0.3) is 0 Å². The van der Waals surface area contributed by atoms with E-state index in [9.17, 15) is 0 Å². The van der Waals surface area contributed by atoms with Crippen molar-refractivity contribution in [2.45, 2.75) is 57.6 Å². The molecule has 1 aliphatic carbocycles. The number of nitrogens with one attached hydrogen (secondary N) is 1. The Kier molecular flexibility index (Phi) is 5.36. The van der Waals surface area contributed by atoms with E-state index in [1.54, 1.807) is 0 Å². The number of rotatable bonds is 6. The van der Waals surface area contributed by atoms with E-state index in [4.69, 9.17) is 10.6 Å². The Morgan fingerprint density at radius 2 is 2.17 bits per heavy atom. The van der Waals surface area contributed by atoms with Gasteiger partial charge in [-0.15, -0.1) is 0 Å². The van der Waals surface area contributed by atoms with E-state index in [0.717, 1.165) is 18.3 Å². The molecule has 1 saturated heterocycles. The highest BCUT2D eigenvalue weighted by molar-refractivity contribution is 7.99. The van der Waals surface area contributed by atoms with Crippen molar-refractivity contribution in [2.24, 2.45) is 17.7 Å². The van der Waals surface area contributed by atoms with Gasteiger partial charge in [-0.3, -0.25) is 11.3 Å². The molecule has 0 aromatic carbocycles. The summed E-state index contributed by atoms with van der Waals surface area (Å²) in [5.74, 6) is 9.59. The number of hydrogen-bond donors (Lipinski definition) is 2. The third kappa shape index (κ3) is 3.62. The summed E-state index contributed by atoms with van der Waals surface area (Å²) in [6.45, 7) is 5.48. The summed E-state index contributed by atoms with van der Waals surface area (Å²) >= 11 is 2.03. The highest BCUT2D eigenvalue weighted by Crippen LogP contribution is 2.45. The summed E-state index contributed by atoms with van der Waals surface area (Å²) in [4.78, 5) is 0. The maximum Gasteiger partial charge on any atom is 0.0685 e. The van der Waals surface area contributed by atoms with Crippen molar-refractivity contribution >= 4 is 11.8 Å². The SMILES string of the molecule is CC(C)CSCC(NN)C1CCOC2(CCC2)C1. The molecule has 1 saturated carbocycles. The standard InChI is InChI=1S/C14H28N2OS/c1-11(2)9-18-10-13(16-15)12-4-7-17-14(8-12)5-3-6-14/h11-13,16H,3-10,15H2,1-2H3. The van der Waals surface area contributed by atoms with Gasteiger partial charge < -0.3 is 4.74 Å². The summed E-state index contributed by atoms with van der Waals surface area (Å²) < 4.78 is 5.99. The van der Waals surface area contributed by atoms with Gasteiger partial charge in [0.15, 0.2) is 0 Å². The van der Waals surface area contributed by atoms with Crippen LogP contribution >= 0.6 is 11.8 Å². The van der Waals surface area contributed by atoms with Crippen molar-refractivity contribution < 1.29 is 4.74 Å². The van der Waals surface area contributed by atoms with E-state index in [1.165, 1.54) is 37.9 Å². The Balaban J connectivity index is 1.79. The Morgan fingerprint density at radius 3 is 2.72 bits per heavy atom. The highest BCUT2D eigenvalue weighted by Gasteiger charge is 2.44. The van der Waals surface area contributed by atoms with Gasteiger partial charge in [-0.2, -0.15) is 11.8 Å². The molecule has 4 heteroatoms. The molecule has 3 N–H and O–H groups in total. The van der Waals surface area contributed by atoms with Crippen LogP contribution in [0.25, 0.3) is 0 Å². The molecule has 1 aliphatic heterocycles. The molecule has 2 fully saturated rings. The first-order valence-corrected chi connectivity index (χ1v) is 8.48. The minimum absolute atomic E-state index is 0.237. The smallest absolute Gasteiger partial charge is 0.0685 e. The molecule has 106 valence electrons. The van der Waals surface area contributed by atoms with Crippen LogP contribution in [0.5, 0.6) is 0 Å². The van der Waals surface area contributed by atoms with Gasteiger partial charge in [0.1, 0.15) is 0 Å². The van der Waals surface area contributed by atoms with Crippen molar-refractivity contribution in [1.82, 2.24) is 5.43 Å². The van der Waals surface area contributed by atoms with Crippen molar-refractivity contribution in [3.63, 3.8) is 0 Å². The first kappa shape index (κ1) is 14.6. The summed E-state index contributed by atoms with van der Waals surface area (Å²) in [6.07, 6.45) is 6.25. The minimum atomic E-state index is 0.237. The number of nitrogens with two attached hydrogens (primary N) is 1. The lowest BCUT2D eigenvalue weighted by Gasteiger charge is -2.48. The molecule has 0 radical (unpaired) electrons. The fourth-order valence-corrected chi connectivity index (χ4v) is 4.31. The zero-order chi connectivity index (χ0) is 13.0. The van der Waals surface area contributed by atoms with E-state index in [0.29, 0.717) is 12.0 Å². The third-order valence-electron chi connectivity index (χ3n) is 4.33. The topological polar surface area (TPSA) is 47.3 Å². The van der Waals surface area contributed by atoms with Crippen LogP contribution in [0.1, 0.15) is 46.0 Å². The fraction of sp³-hybridized carbons (Fsp3) is 1.00. The van der Waals surface area contributed by atoms with Crippen LogP contribution in [-0.2, 0) is 4.74 Å². The fourth-order valence-electron chi connectivity index (χ4n) is 3.08. The summed E-state index contributed by atoms with van der Waals surface area (Å²) in [7, 11) is 0. The molecule has 2 aliphatic rings. The molecule has 1 heterocycles. The lowest BCUT2D eigenvalue weighted by atomic mass is 9.70. The molecule has 0 aromatic heterocycles. The van der Waals surface area contributed by atoms with Crippen LogP contribution in [-0.4, -0.2) is 29.8 Å². The Morgan fingerprint density at radius 1 is 1.39 bits per heavy atom. The first-order valence-electron chi connectivity index (χ1n) is 7.33. The lowest BCUT2D eigenvalue weighted by Crippen LogP contribution is -2.52. The maximum absolute atomic E-state index is 5.99. The van der Waals surface area contributed by atoms with Crippen LogP contribution in [0.15, 0.2) is 0 Å². The van der Waals surface area contributed by atoms with E-state index < -0.39 is 0 Å². The Hall–Kier alpha value is 0.230. The van der Waals surface area contributed by atoms with Gasteiger partial charge in [-0.25, -0.2) is 0 Å². The van der Waals surface area contributed by atoms with E-state index in [-0.39, 0.29) is 5.60 Å². The molecule has 18 heavy (non-hydrogen) atoms. The zero-order valence-corrected chi connectivity index (χ0v) is 12.6. The van der Waals surface area contributed by atoms with E-state index >= 15 is 0 Å². The number of hydrogen-bond acceptors (Lipinski definition) is 4. The first-order chi connectivity index (χ1) is 8.65. The molecule has 2 rings (SSSR count). The van der Waals surface area contributed by atoms with Crippen LogP contribution in [0.4, 0.5) is 0 Å². The van der Waals surface area contributed by atoms with Crippen molar-refractivity contribution in [1.29, 1.82) is 0 Å². The van der Waals surface area contributed by atoms with Gasteiger partial charge in [-0.05, 0) is 49.7 Å². The lowest BCUT2D eigenvalue weighted by molar-refractivity contribution is -0.146. The van der Waals surface area contributed by atoms with E-state index in [2.05, 4.69) is 19.3 Å². The number of thioether (sulfide) groups is 1. The summed E-state index contributed by atoms with van der Waals surface area (Å²) in [5, 5.41) is 0. The van der Waals surface area contributed by atoms with E-state index in [1.807, 2.05) is 11.8 Å². The predicted molar refractivity (Wildman–Crippen MR) is 78.5 cm³/mol. The second kappa shape index (κ2) is 6.60. The van der Waals surface area contributed by atoms with Crippen LogP contribution in [0.2, 0.25) is 0 Å². The molecule has 2 unspecified atom stereocenters. The third-order valence-corrected chi connectivity index (χ3v) is 5.82. The second-order valence-electron chi connectivity index (χ2n) is 6.34. The second-order valence-corrected chi connectivity index (χ2v) is 7.42. The monoisotopic (exact) mass is 272 g/mol. The van der Waals surface area contributed by atoms with Gasteiger partial charge in [0, 0.05) is 18.4 Å². The van der Waals surface area contributed by atoms with Gasteiger partial charge in [0.2, 0.25) is 0 Å². The minimum Gasteiger partial charge on any atom is -0.375 e. The average molecular weight is 272 g/mol. The number of ether oxygens (including phenoxy) is 1. The van der Waals surface area contributed by atoms with Crippen LogP contribution < -0.4 is 11.3 Å². The van der Waals surface area contributed by atoms with Gasteiger partial charge >= 0.3 is 0 Å². The predicted octanol–water partition coefficient (Wildman–Crippen LogP) is 2.56. The molecule has 3 nitrogen and oxygen atoms in total. The highest BCUT2D eigenvalue weighted by atomic mass is 32.2. The van der Waals surface area contributed by atoms with Gasteiger partial charge in [-0.1, -0.05) is 13.8 Å². The molecule has 0 amide bonds. The van der Waals surface area contributed by atoms with Crippen molar-refractivity contribution in [3.8, 4) is 0 Å². The summed E-state index contributed by atoms with van der Waals surface area (Å²) in [5.41, 5.74) is 3.29. The van der Waals surface area contributed by atoms with Crippen molar-refractivity contribution in [3.05, 3.63) is 0 Å². The molecular weight excluding hydrogens is 244 g/mol. The average Bonchev–Trinajstić information content (AvgIpc) is 2.32.